The van der Waals surface area contributed by atoms with Crippen molar-refractivity contribution < 1.29 is 13.7 Å². The van der Waals surface area contributed by atoms with E-state index in [1.165, 1.54) is 17.4 Å². The van der Waals surface area contributed by atoms with Gasteiger partial charge in [0, 0.05) is 12.5 Å². The minimum absolute atomic E-state index is 0.223. The van der Waals surface area contributed by atoms with Crippen LogP contribution in [-0.4, -0.2) is 16.0 Å². The van der Waals surface area contributed by atoms with Crippen molar-refractivity contribution in [3.05, 3.63) is 69.2 Å². The van der Waals surface area contributed by atoms with E-state index in [2.05, 4.69) is 15.5 Å². The number of thiophene rings is 1. The molecule has 0 saturated heterocycles. The minimum Gasteiger partial charge on any atom is -0.340 e. The third kappa shape index (κ3) is 3.21. The van der Waals surface area contributed by atoms with Gasteiger partial charge in [-0.1, -0.05) is 30.3 Å². The number of nitrogens with one attached hydrogen (secondary N) is 1. The van der Waals surface area contributed by atoms with Gasteiger partial charge in [0.2, 0.25) is 5.89 Å². The standard InChI is InChI=1S/C17H16FN3O2S/c1-3-11-8-9-24-15(11)17(22)20-14(16-19-10(2)23-21-16)12-6-4-5-7-13(12)18/h4-9,14H,3H2,1-2H3,(H,20,22)/t14-/m0/s1. The largest absolute Gasteiger partial charge is 0.340 e. The fourth-order valence-corrected chi connectivity index (χ4v) is 3.33. The van der Waals surface area contributed by atoms with E-state index in [9.17, 15) is 9.18 Å². The van der Waals surface area contributed by atoms with Crippen LogP contribution in [0, 0.1) is 12.7 Å². The number of aromatic nitrogens is 2. The lowest BCUT2D eigenvalue weighted by molar-refractivity contribution is 0.0944. The molecular formula is C17H16FN3O2S. The molecule has 0 fully saturated rings. The molecule has 7 heteroatoms. The van der Waals surface area contributed by atoms with Crippen LogP contribution >= 0.6 is 11.3 Å². The first-order valence-electron chi connectivity index (χ1n) is 7.52. The quantitative estimate of drug-likeness (QED) is 0.766. The number of aryl methyl sites for hydroxylation is 2. The Morgan fingerprint density at radius 3 is 2.83 bits per heavy atom. The van der Waals surface area contributed by atoms with Crippen molar-refractivity contribution in [2.45, 2.75) is 26.3 Å². The fourth-order valence-electron chi connectivity index (χ4n) is 2.43. The van der Waals surface area contributed by atoms with Crippen molar-refractivity contribution in [2.75, 3.05) is 0 Å². The Bertz CT molecular complexity index is 859. The predicted molar refractivity (Wildman–Crippen MR) is 88.4 cm³/mol. The molecule has 0 aliphatic carbocycles. The summed E-state index contributed by atoms with van der Waals surface area (Å²) in [5.41, 5.74) is 1.25. The lowest BCUT2D eigenvalue weighted by atomic mass is 10.1. The van der Waals surface area contributed by atoms with Crippen LogP contribution in [0.5, 0.6) is 0 Å². The molecule has 0 unspecified atom stereocenters. The van der Waals surface area contributed by atoms with Crippen LogP contribution in [0.25, 0.3) is 0 Å². The number of carbonyl (C=O) groups excluding carboxylic acids is 1. The summed E-state index contributed by atoms with van der Waals surface area (Å²) in [6.07, 6.45) is 0.748. The molecule has 5 nitrogen and oxygen atoms in total. The average Bonchev–Trinajstić information content (AvgIpc) is 3.22. The summed E-state index contributed by atoms with van der Waals surface area (Å²) in [5, 5.41) is 8.54. The van der Waals surface area contributed by atoms with E-state index < -0.39 is 11.9 Å². The third-order valence-corrected chi connectivity index (χ3v) is 4.58. The topological polar surface area (TPSA) is 68.0 Å². The van der Waals surface area contributed by atoms with Crippen LogP contribution in [0.4, 0.5) is 4.39 Å². The molecule has 124 valence electrons. The van der Waals surface area contributed by atoms with E-state index in [-0.39, 0.29) is 11.7 Å². The molecule has 3 aromatic rings. The second-order valence-electron chi connectivity index (χ2n) is 5.23. The Morgan fingerprint density at radius 1 is 1.38 bits per heavy atom. The van der Waals surface area contributed by atoms with E-state index in [0.717, 1.165) is 12.0 Å². The van der Waals surface area contributed by atoms with Gasteiger partial charge in [0.05, 0.1) is 4.88 Å². The molecule has 1 aromatic carbocycles. The first kappa shape index (κ1) is 16.3. The number of rotatable bonds is 5. The van der Waals surface area contributed by atoms with Gasteiger partial charge < -0.3 is 9.84 Å². The normalized spacial score (nSPS) is 12.1. The molecular weight excluding hydrogens is 329 g/mol. The zero-order chi connectivity index (χ0) is 17.1. The van der Waals surface area contributed by atoms with E-state index in [4.69, 9.17) is 4.52 Å². The lowest BCUT2D eigenvalue weighted by Crippen LogP contribution is -2.30. The number of hydrogen-bond acceptors (Lipinski definition) is 5. The summed E-state index contributed by atoms with van der Waals surface area (Å²) in [7, 11) is 0. The second-order valence-corrected chi connectivity index (χ2v) is 6.14. The molecule has 0 aliphatic rings. The summed E-state index contributed by atoms with van der Waals surface area (Å²) >= 11 is 1.35. The monoisotopic (exact) mass is 345 g/mol. The maximum Gasteiger partial charge on any atom is 0.262 e. The van der Waals surface area contributed by atoms with E-state index in [0.29, 0.717) is 16.3 Å². The number of nitrogens with zero attached hydrogens (tertiary/aromatic N) is 2. The summed E-state index contributed by atoms with van der Waals surface area (Å²) < 4.78 is 19.2. The van der Waals surface area contributed by atoms with Gasteiger partial charge in [-0.25, -0.2) is 4.39 Å². The maximum absolute atomic E-state index is 14.2. The van der Waals surface area contributed by atoms with Crippen LogP contribution < -0.4 is 5.32 Å². The van der Waals surface area contributed by atoms with Gasteiger partial charge in [0.1, 0.15) is 11.9 Å². The molecule has 24 heavy (non-hydrogen) atoms. The molecule has 0 spiro atoms. The molecule has 0 bridgehead atoms. The second kappa shape index (κ2) is 6.92. The van der Waals surface area contributed by atoms with Crippen molar-refractivity contribution in [3.8, 4) is 0 Å². The Labute approximate surface area is 142 Å². The van der Waals surface area contributed by atoms with Crippen LogP contribution in [-0.2, 0) is 6.42 Å². The molecule has 1 atom stereocenters. The highest BCUT2D eigenvalue weighted by Gasteiger charge is 2.26. The smallest absolute Gasteiger partial charge is 0.262 e. The van der Waals surface area contributed by atoms with Gasteiger partial charge in [-0.2, -0.15) is 4.98 Å². The van der Waals surface area contributed by atoms with Crippen molar-refractivity contribution in [2.24, 2.45) is 0 Å². The van der Waals surface area contributed by atoms with Crippen molar-refractivity contribution in [1.82, 2.24) is 15.5 Å². The first-order chi connectivity index (χ1) is 11.6. The number of carbonyl (C=O) groups is 1. The van der Waals surface area contributed by atoms with Crippen LogP contribution in [0.3, 0.4) is 0 Å². The van der Waals surface area contributed by atoms with E-state index >= 15 is 0 Å². The Morgan fingerprint density at radius 2 is 2.17 bits per heavy atom. The third-order valence-electron chi connectivity index (χ3n) is 3.63. The van der Waals surface area contributed by atoms with Crippen LogP contribution in [0.2, 0.25) is 0 Å². The van der Waals surface area contributed by atoms with Gasteiger partial charge >= 0.3 is 0 Å². The molecule has 2 heterocycles. The molecule has 1 N–H and O–H groups in total. The van der Waals surface area contributed by atoms with E-state index in [1.807, 2.05) is 18.4 Å². The number of halogens is 1. The number of amides is 1. The summed E-state index contributed by atoms with van der Waals surface area (Å²) in [4.78, 5) is 17.4. The number of benzene rings is 1. The predicted octanol–water partition coefficient (Wildman–Crippen LogP) is 3.66. The first-order valence-corrected chi connectivity index (χ1v) is 8.40. The average molecular weight is 345 g/mol. The lowest BCUT2D eigenvalue weighted by Gasteiger charge is -2.16. The van der Waals surface area contributed by atoms with Gasteiger partial charge in [0.15, 0.2) is 5.82 Å². The molecule has 3 rings (SSSR count). The van der Waals surface area contributed by atoms with Crippen molar-refractivity contribution in [3.63, 3.8) is 0 Å². The Kier molecular flexibility index (Phi) is 4.71. The molecule has 0 radical (unpaired) electrons. The summed E-state index contributed by atoms with van der Waals surface area (Å²) in [6.45, 7) is 3.63. The molecule has 0 aliphatic heterocycles. The maximum atomic E-state index is 14.2. The minimum atomic E-state index is -0.817. The Balaban J connectivity index is 1.97. The summed E-state index contributed by atoms with van der Waals surface area (Å²) in [5.74, 6) is -0.142. The highest BCUT2D eigenvalue weighted by molar-refractivity contribution is 7.12. The highest BCUT2D eigenvalue weighted by atomic mass is 32.1. The van der Waals surface area contributed by atoms with Gasteiger partial charge in [-0.3, -0.25) is 4.79 Å². The van der Waals surface area contributed by atoms with Crippen molar-refractivity contribution >= 4 is 17.2 Å². The van der Waals surface area contributed by atoms with E-state index in [1.54, 1.807) is 25.1 Å². The van der Waals surface area contributed by atoms with Crippen LogP contribution in [0.1, 0.15) is 45.5 Å². The fraction of sp³-hybridized carbons (Fsp3) is 0.235. The number of hydrogen-bond donors (Lipinski definition) is 1. The van der Waals surface area contributed by atoms with Gasteiger partial charge in [-0.15, -0.1) is 11.3 Å². The zero-order valence-corrected chi connectivity index (χ0v) is 14.1. The SMILES string of the molecule is CCc1ccsc1C(=O)N[C@H](c1noc(C)n1)c1ccccc1F. The highest BCUT2D eigenvalue weighted by Crippen LogP contribution is 2.25. The molecule has 1 amide bonds. The summed E-state index contributed by atoms with van der Waals surface area (Å²) in [6, 6.07) is 7.32. The molecule has 2 aromatic heterocycles. The Hall–Kier alpha value is -2.54. The molecule has 0 saturated carbocycles. The van der Waals surface area contributed by atoms with Gasteiger partial charge in [-0.05, 0) is 29.5 Å². The van der Waals surface area contributed by atoms with Crippen LogP contribution in [0.15, 0.2) is 40.2 Å². The zero-order valence-electron chi connectivity index (χ0n) is 13.2. The van der Waals surface area contributed by atoms with Gasteiger partial charge in [0.25, 0.3) is 5.91 Å². The van der Waals surface area contributed by atoms with Crippen molar-refractivity contribution in [1.29, 1.82) is 0 Å².